The van der Waals surface area contributed by atoms with E-state index in [2.05, 4.69) is 4.84 Å². The minimum absolute atomic E-state index is 0.446. The number of sulfonamides is 1. The number of halogens is 2. The number of hydrogen-bond donors (Lipinski definition) is 2. The Morgan fingerprint density at radius 2 is 2.06 bits per heavy atom. The molecule has 0 aliphatic rings. The van der Waals surface area contributed by atoms with Crippen LogP contribution in [0.3, 0.4) is 0 Å². The summed E-state index contributed by atoms with van der Waals surface area (Å²) in [4.78, 5) is 14.5. The third-order valence-corrected chi connectivity index (χ3v) is 2.78. The molecule has 0 spiro atoms. The van der Waals surface area contributed by atoms with Gasteiger partial charge in [0.05, 0.1) is 0 Å². The second-order valence-corrected chi connectivity index (χ2v) is 4.46. The van der Waals surface area contributed by atoms with Crippen molar-refractivity contribution in [3.05, 3.63) is 29.8 Å². The topological polar surface area (TPSA) is 92.7 Å². The fraction of sp³-hybridized carbons (Fsp3) is 0.125. The monoisotopic (exact) mass is 267 g/mol. The second kappa shape index (κ2) is 5.17. The highest BCUT2D eigenvalue weighted by molar-refractivity contribution is 7.89. The first kappa shape index (κ1) is 13.5. The van der Waals surface area contributed by atoms with Crippen LogP contribution in [0.5, 0.6) is 0 Å². The van der Waals surface area contributed by atoms with Crippen LogP contribution in [0.4, 0.5) is 8.78 Å². The molecule has 1 aromatic carbocycles. The Morgan fingerprint density at radius 3 is 2.65 bits per heavy atom. The van der Waals surface area contributed by atoms with Gasteiger partial charge in [-0.15, -0.1) is 0 Å². The molecule has 0 saturated carbocycles. The summed E-state index contributed by atoms with van der Waals surface area (Å²) in [6.07, 6.45) is 0. The molecular formula is C8H7F2NO5S. The predicted molar refractivity (Wildman–Crippen MR) is 50.3 cm³/mol. The molecule has 1 rings (SSSR count). The molecule has 0 amide bonds. The number of rotatable bonds is 5. The Hall–Kier alpha value is -1.58. The van der Waals surface area contributed by atoms with E-state index in [1.54, 1.807) is 0 Å². The summed E-state index contributed by atoms with van der Waals surface area (Å²) in [6.45, 7) is -0.948. The molecule has 0 fully saturated rings. The average molecular weight is 267 g/mol. The third kappa shape index (κ3) is 3.73. The lowest BCUT2D eigenvalue weighted by Gasteiger charge is -2.06. The van der Waals surface area contributed by atoms with Crippen LogP contribution in [0.15, 0.2) is 23.1 Å². The van der Waals surface area contributed by atoms with Gasteiger partial charge in [0.25, 0.3) is 10.0 Å². The zero-order chi connectivity index (χ0) is 13.1. The first-order valence-electron chi connectivity index (χ1n) is 4.13. The fourth-order valence-corrected chi connectivity index (χ4v) is 1.79. The molecule has 0 saturated heterocycles. The lowest BCUT2D eigenvalue weighted by atomic mass is 10.3. The first-order chi connectivity index (χ1) is 7.83. The largest absolute Gasteiger partial charge is 0.479 e. The molecular weight excluding hydrogens is 260 g/mol. The van der Waals surface area contributed by atoms with Crippen molar-refractivity contribution < 1.29 is 31.9 Å². The molecule has 0 radical (unpaired) electrons. The van der Waals surface area contributed by atoms with E-state index >= 15 is 0 Å². The highest BCUT2D eigenvalue weighted by atomic mass is 32.2. The van der Waals surface area contributed by atoms with Crippen LogP contribution < -0.4 is 4.89 Å². The van der Waals surface area contributed by atoms with Gasteiger partial charge in [-0.2, -0.15) is 0 Å². The molecule has 6 nitrogen and oxygen atoms in total. The lowest BCUT2D eigenvalue weighted by Crippen LogP contribution is -2.27. The fourth-order valence-electron chi connectivity index (χ4n) is 0.897. The zero-order valence-electron chi connectivity index (χ0n) is 8.18. The molecule has 1 aromatic rings. The highest BCUT2D eigenvalue weighted by Gasteiger charge is 2.20. The first-order valence-corrected chi connectivity index (χ1v) is 5.61. The van der Waals surface area contributed by atoms with Crippen molar-refractivity contribution in [1.82, 2.24) is 4.89 Å². The molecule has 0 aliphatic heterocycles. The molecule has 0 bridgehead atoms. The molecule has 0 unspecified atom stereocenters. The van der Waals surface area contributed by atoms with Crippen molar-refractivity contribution in [2.75, 3.05) is 6.61 Å². The summed E-state index contributed by atoms with van der Waals surface area (Å²) in [5, 5.41) is 8.19. The number of carbonyl (C=O) groups is 1. The lowest BCUT2D eigenvalue weighted by molar-refractivity contribution is -0.143. The summed E-state index contributed by atoms with van der Waals surface area (Å²) in [7, 11) is -4.46. The Labute approximate surface area is 94.8 Å². The van der Waals surface area contributed by atoms with Crippen molar-refractivity contribution in [2.24, 2.45) is 0 Å². The second-order valence-electron chi connectivity index (χ2n) is 2.84. The zero-order valence-corrected chi connectivity index (χ0v) is 9.00. The number of carboxylic acids is 1. The number of hydrogen-bond acceptors (Lipinski definition) is 4. The summed E-state index contributed by atoms with van der Waals surface area (Å²) in [5.74, 6) is -3.56. The molecule has 0 aliphatic carbocycles. The molecule has 0 atom stereocenters. The summed E-state index contributed by atoms with van der Waals surface area (Å²) >= 11 is 0. The van der Waals surface area contributed by atoms with Crippen molar-refractivity contribution in [3.8, 4) is 0 Å². The van der Waals surface area contributed by atoms with Crippen LogP contribution in [0.25, 0.3) is 0 Å². The number of benzene rings is 1. The Bertz CT molecular complexity index is 531. The minimum Gasteiger partial charge on any atom is -0.479 e. The standard InChI is InChI=1S/C8H7F2NO5S/c9-5-1-2-6(10)7(3-5)17(14,15)11-16-4-8(12)13/h1-3,11H,4H2,(H,12,13). The van der Waals surface area contributed by atoms with Crippen molar-refractivity contribution in [1.29, 1.82) is 0 Å². The average Bonchev–Trinajstić information content (AvgIpc) is 2.20. The van der Waals surface area contributed by atoms with Gasteiger partial charge in [0.2, 0.25) is 0 Å². The molecule has 0 heterocycles. The van der Waals surface area contributed by atoms with Crippen LogP contribution in [-0.4, -0.2) is 26.1 Å². The van der Waals surface area contributed by atoms with E-state index in [9.17, 15) is 22.0 Å². The summed E-state index contributed by atoms with van der Waals surface area (Å²) in [6, 6.07) is 1.81. The van der Waals surface area contributed by atoms with Gasteiger partial charge in [-0.05, 0) is 18.2 Å². The smallest absolute Gasteiger partial charge is 0.331 e. The van der Waals surface area contributed by atoms with Gasteiger partial charge < -0.3 is 5.11 Å². The van der Waals surface area contributed by atoms with Crippen LogP contribution in [-0.2, 0) is 19.7 Å². The Morgan fingerprint density at radius 1 is 1.41 bits per heavy atom. The van der Waals surface area contributed by atoms with E-state index in [4.69, 9.17) is 5.11 Å². The quantitative estimate of drug-likeness (QED) is 0.746. The van der Waals surface area contributed by atoms with Gasteiger partial charge >= 0.3 is 5.97 Å². The maximum Gasteiger partial charge on any atom is 0.331 e. The molecule has 9 heteroatoms. The van der Waals surface area contributed by atoms with Crippen molar-refractivity contribution in [2.45, 2.75) is 4.90 Å². The Balaban J connectivity index is 2.89. The van der Waals surface area contributed by atoms with Crippen LogP contribution in [0, 0.1) is 11.6 Å². The summed E-state index contributed by atoms with van der Waals surface area (Å²) in [5.41, 5.74) is 0. The predicted octanol–water partition coefficient (Wildman–Crippen LogP) is 0.259. The maximum absolute atomic E-state index is 13.1. The van der Waals surface area contributed by atoms with Crippen LogP contribution in [0.2, 0.25) is 0 Å². The van der Waals surface area contributed by atoms with E-state index in [1.807, 2.05) is 0 Å². The Kier molecular flexibility index (Phi) is 4.10. The van der Waals surface area contributed by atoms with E-state index < -0.39 is 39.1 Å². The van der Waals surface area contributed by atoms with E-state index in [-0.39, 0.29) is 0 Å². The van der Waals surface area contributed by atoms with Gasteiger partial charge in [0, 0.05) is 0 Å². The third-order valence-electron chi connectivity index (χ3n) is 1.55. The van der Waals surface area contributed by atoms with Gasteiger partial charge in [0.15, 0.2) is 6.61 Å². The number of aliphatic carboxylic acids is 1. The van der Waals surface area contributed by atoms with E-state index in [0.717, 1.165) is 6.07 Å². The minimum atomic E-state index is -4.46. The molecule has 0 aromatic heterocycles. The SMILES string of the molecule is O=C(O)CONS(=O)(=O)c1cc(F)ccc1F. The van der Waals surface area contributed by atoms with Crippen molar-refractivity contribution in [3.63, 3.8) is 0 Å². The van der Waals surface area contributed by atoms with Gasteiger partial charge in [-0.1, -0.05) is 4.89 Å². The van der Waals surface area contributed by atoms with Gasteiger partial charge in [-0.3, -0.25) is 4.84 Å². The van der Waals surface area contributed by atoms with Crippen molar-refractivity contribution >= 4 is 16.0 Å². The van der Waals surface area contributed by atoms with Crippen LogP contribution >= 0.6 is 0 Å². The van der Waals surface area contributed by atoms with Crippen LogP contribution in [0.1, 0.15) is 0 Å². The molecule has 17 heavy (non-hydrogen) atoms. The van der Waals surface area contributed by atoms with Gasteiger partial charge in [0.1, 0.15) is 16.5 Å². The number of nitrogens with one attached hydrogen (secondary N) is 1. The van der Waals surface area contributed by atoms with Gasteiger partial charge in [-0.25, -0.2) is 22.0 Å². The molecule has 94 valence electrons. The summed E-state index contributed by atoms with van der Waals surface area (Å²) < 4.78 is 48.5. The van der Waals surface area contributed by atoms with E-state index in [1.165, 1.54) is 4.89 Å². The number of carboxylic acid groups (broad SMARTS) is 1. The van der Waals surface area contributed by atoms with E-state index in [0.29, 0.717) is 12.1 Å². The maximum atomic E-state index is 13.1. The normalized spacial score (nSPS) is 11.4. The molecule has 2 N–H and O–H groups in total. The highest BCUT2D eigenvalue weighted by Crippen LogP contribution is 2.15.